The van der Waals surface area contributed by atoms with Gasteiger partial charge in [-0.05, 0) is 33.0 Å². The number of carbonyl (C=O) groups excluding carboxylic acids is 1. The Kier molecular flexibility index (Phi) is 7.11. The third kappa shape index (κ3) is 6.66. The van der Waals surface area contributed by atoms with Crippen molar-refractivity contribution in [3.05, 3.63) is 11.8 Å². The first-order valence-corrected chi connectivity index (χ1v) is 5.25. The van der Waals surface area contributed by atoms with Gasteiger partial charge in [0.1, 0.15) is 0 Å². The van der Waals surface area contributed by atoms with Crippen molar-refractivity contribution in [2.45, 2.75) is 27.7 Å². The van der Waals surface area contributed by atoms with E-state index >= 15 is 0 Å². The number of nitrogens with one attached hydrogen (secondary N) is 1. The third-order valence-electron chi connectivity index (χ3n) is 2.15. The minimum Gasteiger partial charge on any atom is -0.387 e. The Balaban J connectivity index is 3.67. The average Bonchev–Trinajstić information content (AvgIpc) is 2.11. The molecule has 0 aliphatic rings. The minimum absolute atomic E-state index is 0.0952. The Morgan fingerprint density at radius 3 is 2.29 bits per heavy atom. The highest BCUT2D eigenvalue weighted by atomic mass is 16.1. The van der Waals surface area contributed by atoms with E-state index in [1.807, 2.05) is 6.92 Å². The summed E-state index contributed by atoms with van der Waals surface area (Å²) in [5.41, 5.74) is 0.949. The van der Waals surface area contributed by atoms with Crippen LogP contribution in [0.15, 0.2) is 11.8 Å². The van der Waals surface area contributed by atoms with Crippen LogP contribution in [0.1, 0.15) is 27.7 Å². The fourth-order valence-electron chi connectivity index (χ4n) is 1.31. The first-order chi connectivity index (χ1) is 6.60. The number of rotatable bonds is 7. The second-order valence-electron chi connectivity index (χ2n) is 3.39. The lowest BCUT2D eigenvalue weighted by Crippen LogP contribution is -2.31. The van der Waals surface area contributed by atoms with Gasteiger partial charge in [0, 0.05) is 18.8 Å². The third-order valence-corrected chi connectivity index (χ3v) is 2.15. The fraction of sp³-hybridized carbons (Fsp3) is 0.727. The van der Waals surface area contributed by atoms with E-state index in [-0.39, 0.29) is 5.78 Å². The molecule has 0 fully saturated rings. The SMILES string of the molecule is CCN(CC)CCN/C(C)=C/C(C)=O. The molecule has 0 atom stereocenters. The van der Waals surface area contributed by atoms with Gasteiger partial charge in [-0.15, -0.1) is 0 Å². The molecule has 0 unspecified atom stereocenters. The molecule has 1 N–H and O–H groups in total. The maximum atomic E-state index is 10.7. The summed E-state index contributed by atoms with van der Waals surface area (Å²) in [5, 5.41) is 3.21. The van der Waals surface area contributed by atoms with Gasteiger partial charge in [-0.25, -0.2) is 0 Å². The molecule has 0 spiro atoms. The summed E-state index contributed by atoms with van der Waals surface area (Å²) in [6, 6.07) is 0. The molecule has 0 aliphatic carbocycles. The van der Waals surface area contributed by atoms with Crippen molar-refractivity contribution in [1.29, 1.82) is 0 Å². The van der Waals surface area contributed by atoms with Crippen molar-refractivity contribution in [1.82, 2.24) is 10.2 Å². The van der Waals surface area contributed by atoms with Crippen LogP contribution in [-0.2, 0) is 4.79 Å². The van der Waals surface area contributed by atoms with Crippen LogP contribution in [0.3, 0.4) is 0 Å². The Hall–Kier alpha value is -0.830. The molecule has 0 aromatic rings. The van der Waals surface area contributed by atoms with Crippen molar-refractivity contribution in [3.8, 4) is 0 Å². The van der Waals surface area contributed by atoms with Crippen LogP contribution in [0.2, 0.25) is 0 Å². The first kappa shape index (κ1) is 13.2. The number of nitrogens with zero attached hydrogens (tertiary/aromatic N) is 1. The highest BCUT2D eigenvalue weighted by molar-refractivity contribution is 5.87. The van der Waals surface area contributed by atoms with Crippen LogP contribution < -0.4 is 5.32 Å². The molecule has 82 valence electrons. The van der Waals surface area contributed by atoms with Crippen molar-refractivity contribution >= 4 is 5.78 Å². The van der Waals surface area contributed by atoms with Crippen LogP contribution in [0.25, 0.3) is 0 Å². The highest BCUT2D eigenvalue weighted by Crippen LogP contribution is 1.89. The Bertz CT molecular complexity index is 195. The zero-order valence-corrected chi connectivity index (χ0v) is 9.76. The molecule has 0 saturated heterocycles. The minimum atomic E-state index is 0.0952. The van der Waals surface area contributed by atoms with Crippen molar-refractivity contribution in [3.63, 3.8) is 0 Å². The molecule has 14 heavy (non-hydrogen) atoms. The van der Waals surface area contributed by atoms with Gasteiger partial charge in [-0.1, -0.05) is 13.8 Å². The molecular weight excluding hydrogens is 176 g/mol. The molecule has 0 amide bonds. The summed E-state index contributed by atoms with van der Waals surface area (Å²) in [6.07, 6.45) is 1.63. The molecule has 0 saturated carbocycles. The van der Waals surface area contributed by atoms with E-state index in [1.165, 1.54) is 0 Å². The predicted octanol–water partition coefficient (Wildman–Crippen LogP) is 1.41. The zero-order chi connectivity index (χ0) is 11.0. The summed E-state index contributed by atoms with van der Waals surface area (Å²) >= 11 is 0. The van der Waals surface area contributed by atoms with E-state index in [0.29, 0.717) is 0 Å². The monoisotopic (exact) mass is 198 g/mol. The number of ketones is 1. The molecule has 0 aromatic heterocycles. The fourth-order valence-corrected chi connectivity index (χ4v) is 1.31. The maximum absolute atomic E-state index is 10.7. The van der Waals surface area contributed by atoms with Crippen LogP contribution >= 0.6 is 0 Å². The number of allylic oxidation sites excluding steroid dienone is 2. The summed E-state index contributed by atoms with van der Waals surface area (Å²) in [6.45, 7) is 11.9. The van der Waals surface area contributed by atoms with Gasteiger partial charge in [-0.3, -0.25) is 4.79 Å². The van der Waals surface area contributed by atoms with Crippen LogP contribution in [0, 0.1) is 0 Å². The molecule has 0 aromatic carbocycles. The molecule has 0 radical (unpaired) electrons. The first-order valence-electron chi connectivity index (χ1n) is 5.25. The zero-order valence-electron chi connectivity index (χ0n) is 9.76. The normalized spacial score (nSPS) is 11.9. The van der Waals surface area contributed by atoms with Crippen LogP contribution in [0.5, 0.6) is 0 Å². The molecule has 0 heterocycles. The number of carbonyl (C=O) groups is 1. The highest BCUT2D eigenvalue weighted by Gasteiger charge is 1.97. The molecule has 0 rings (SSSR count). The topological polar surface area (TPSA) is 32.3 Å². The second-order valence-corrected chi connectivity index (χ2v) is 3.39. The quantitative estimate of drug-likeness (QED) is 0.628. The summed E-state index contributed by atoms with van der Waals surface area (Å²) in [4.78, 5) is 13.1. The van der Waals surface area contributed by atoms with Gasteiger partial charge in [0.15, 0.2) is 5.78 Å². The number of hydrogen-bond acceptors (Lipinski definition) is 3. The molecule has 0 aliphatic heterocycles. The largest absolute Gasteiger partial charge is 0.387 e. The van der Waals surface area contributed by atoms with E-state index in [9.17, 15) is 4.79 Å². The van der Waals surface area contributed by atoms with Crippen molar-refractivity contribution in [2.24, 2.45) is 0 Å². The molecular formula is C11H22N2O. The van der Waals surface area contributed by atoms with Crippen molar-refractivity contribution in [2.75, 3.05) is 26.2 Å². The number of likely N-dealkylation sites (N-methyl/N-ethyl adjacent to an activating group) is 1. The van der Waals surface area contributed by atoms with Gasteiger partial charge in [0.05, 0.1) is 0 Å². The molecule has 3 nitrogen and oxygen atoms in total. The lowest BCUT2D eigenvalue weighted by molar-refractivity contribution is -0.112. The molecule has 3 heteroatoms. The predicted molar refractivity (Wildman–Crippen MR) is 60.2 cm³/mol. The standard InChI is InChI=1S/C11H22N2O/c1-5-13(6-2)8-7-12-10(3)9-11(4)14/h9,12H,5-8H2,1-4H3/b10-9+. The Labute approximate surface area is 87.2 Å². The van der Waals surface area contributed by atoms with E-state index in [1.54, 1.807) is 13.0 Å². The van der Waals surface area contributed by atoms with Crippen LogP contribution in [-0.4, -0.2) is 36.9 Å². The van der Waals surface area contributed by atoms with Gasteiger partial charge in [0.2, 0.25) is 0 Å². The lowest BCUT2D eigenvalue weighted by atomic mass is 10.3. The summed E-state index contributed by atoms with van der Waals surface area (Å²) in [7, 11) is 0. The van der Waals surface area contributed by atoms with E-state index < -0.39 is 0 Å². The maximum Gasteiger partial charge on any atom is 0.154 e. The smallest absolute Gasteiger partial charge is 0.154 e. The Morgan fingerprint density at radius 2 is 1.86 bits per heavy atom. The van der Waals surface area contributed by atoms with Gasteiger partial charge >= 0.3 is 0 Å². The Morgan fingerprint density at radius 1 is 1.29 bits per heavy atom. The van der Waals surface area contributed by atoms with Crippen LogP contribution in [0.4, 0.5) is 0 Å². The van der Waals surface area contributed by atoms with E-state index in [2.05, 4.69) is 24.1 Å². The summed E-state index contributed by atoms with van der Waals surface area (Å²) in [5.74, 6) is 0.0952. The lowest BCUT2D eigenvalue weighted by Gasteiger charge is -2.18. The van der Waals surface area contributed by atoms with Crippen molar-refractivity contribution < 1.29 is 4.79 Å². The van der Waals surface area contributed by atoms with Gasteiger partial charge in [-0.2, -0.15) is 0 Å². The second kappa shape index (κ2) is 7.56. The summed E-state index contributed by atoms with van der Waals surface area (Å²) < 4.78 is 0. The van der Waals surface area contributed by atoms with Gasteiger partial charge in [0.25, 0.3) is 0 Å². The average molecular weight is 198 g/mol. The van der Waals surface area contributed by atoms with Gasteiger partial charge < -0.3 is 10.2 Å². The molecule has 0 bridgehead atoms. The van der Waals surface area contributed by atoms with E-state index in [0.717, 1.165) is 31.9 Å². The number of hydrogen-bond donors (Lipinski definition) is 1. The van der Waals surface area contributed by atoms with E-state index in [4.69, 9.17) is 0 Å².